The quantitative estimate of drug-likeness (QED) is 0.537. The van der Waals surface area contributed by atoms with Gasteiger partial charge in [0, 0.05) is 26.2 Å². The molecule has 1 unspecified atom stereocenters. The van der Waals surface area contributed by atoms with E-state index in [9.17, 15) is 10.1 Å². The average molecular weight is 500 g/mol. The maximum Gasteiger partial charge on any atom is 0.230 e. The number of hydrogen-bond donors (Lipinski definition) is 0. The number of hydrogen-bond acceptors (Lipinski definition) is 8. The molecular weight excluding hydrogens is 470 g/mol. The summed E-state index contributed by atoms with van der Waals surface area (Å²) < 4.78 is 13.3. The highest BCUT2D eigenvalue weighted by atomic mass is 16.5. The first-order chi connectivity index (χ1) is 18.1. The van der Waals surface area contributed by atoms with Crippen molar-refractivity contribution < 1.29 is 14.3 Å². The number of nitriles is 1. The van der Waals surface area contributed by atoms with Gasteiger partial charge in [-0.05, 0) is 70.6 Å². The maximum absolute atomic E-state index is 13.6. The number of methoxy groups -OCH3 is 1. The van der Waals surface area contributed by atoms with Crippen LogP contribution in [-0.2, 0) is 16.0 Å². The van der Waals surface area contributed by atoms with Crippen LogP contribution in [0.15, 0.2) is 36.7 Å². The molecule has 10 heteroatoms. The number of amides is 1. The van der Waals surface area contributed by atoms with E-state index >= 15 is 0 Å². The summed E-state index contributed by atoms with van der Waals surface area (Å²) in [5, 5.41) is 21.0. The minimum atomic E-state index is -0.104. The van der Waals surface area contributed by atoms with E-state index in [2.05, 4.69) is 38.6 Å². The van der Waals surface area contributed by atoms with Crippen LogP contribution in [0, 0.1) is 18.3 Å². The number of benzene rings is 2. The highest BCUT2D eigenvalue weighted by Gasteiger charge is 2.39. The molecule has 190 valence electrons. The Morgan fingerprint density at radius 3 is 2.84 bits per heavy atom. The SMILES string of the molecule is COc1ccc([C@@H]2CN3CCN(C(=O)C4CCc5cc(-n6cnnn6)ccc54)C[C@H]3CO2)c(C)c1C#N. The highest BCUT2D eigenvalue weighted by Crippen LogP contribution is 2.37. The van der Waals surface area contributed by atoms with Crippen molar-refractivity contribution in [2.24, 2.45) is 0 Å². The molecule has 3 atom stereocenters. The predicted molar refractivity (Wildman–Crippen MR) is 133 cm³/mol. The minimum Gasteiger partial charge on any atom is -0.495 e. The largest absolute Gasteiger partial charge is 0.495 e. The first kappa shape index (κ1) is 23.6. The number of carbonyl (C=O) groups excluding carboxylic acids is 1. The molecule has 2 aromatic carbocycles. The number of nitrogens with zero attached hydrogens (tertiary/aromatic N) is 7. The van der Waals surface area contributed by atoms with Crippen molar-refractivity contribution in [1.29, 1.82) is 5.26 Å². The van der Waals surface area contributed by atoms with Gasteiger partial charge < -0.3 is 14.4 Å². The van der Waals surface area contributed by atoms with Crippen molar-refractivity contribution in [2.45, 2.75) is 37.8 Å². The lowest BCUT2D eigenvalue weighted by atomic mass is 9.95. The molecular formula is C27H29N7O3. The zero-order valence-electron chi connectivity index (χ0n) is 21.0. The molecule has 1 aliphatic carbocycles. The number of piperazine rings is 1. The van der Waals surface area contributed by atoms with Crippen molar-refractivity contribution in [3.05, 3.63) is 64.5 Å². The summed E-state index contributed by atoms with van der Waals surface area (Å²) in [6, 6.07) is 12.4. The Kier molecular flexibility index (Phi) is 6.10. The van der Waals surface area contributed by atoms with Crippen molar-refractivity contribution in [1.82, 2.24) is 30.0 Å². The molecule has 37 heavy (non-hydrogen) atoms. The van der Waals surface area contributed by atoms with Gasteiger partial charge in [0.25, 0.3) is 0 Å². The van der Waals surface area contributed by atoms with Crippen LogP contribution in [0.3, 0.4) is 0 Å². The molecule has 10 nitrogen and oxygen atoms in total. The summed E-state index contributed by atoms with van der Waals surface area (Å²) in [7, 11) is 1.58. The van der Waals surface area contributed by atoms with Gasteiger partial charge in [0.15, 0.2) is 0 Å². The van der Waals surface area contributed by atoms with Crippen molar-refractivity contribution in [2.75, 3.05) is 39.9 Å². The second kappa shape index (κ2) is 9.57. The third-order valence-electron chi connectivity index (χ3n) is 8.07. The first-order valence-electron chi connectivity index (χ1n) is 12.7. The molecule has 2 fully saturated rings. The van der Waals surface area contributed by atoms with Gasteiger partial charge >= 0.3 is 0 Å². The lowest BCUT2D eigenvalue weighted by molar-refractivity contribution is -0.141. The maximum atomic E-state index is 13.6. The van der Waals surface area contributed by atoms with E-state index in [0.717, 1.165) is 48.3 Å². The second-order valence-electron chi connectivity index (χ2n) is 9.95. The Morgan fingerprint density at radius 2 is 2.05 bits per heavy atom. The van der Waals surface area contributed by atoms with Crippen LogP contribution >= 0.6 is 0 Å². The molecule has 0 N–H and O–H groups in total. The second-order valence-corrected chi connectivity index (χ2v) is 9.95. The average Bonchev–Trinajstić information content (AvgIpc) is 3.62. The van der Waals surface area contributed by atoms with E-state index in [0.29, 0.717) is 31.0 Å². The van der Waals surface area contributed by atoms with Gasteiger partial charge in [-0.25, -0.2) is 4.68 Å². The third-order valence-corrected chi connectivity index (χ3v) is 8.07. The summed E-state index contributed by atoms with van der Waals surface area (Å²) in [6.07, 6.45) is 3.18. The molecule has 2 saturated heterocycles. The first-order valence-corrected chi connectivity index (χ1v) is 12.7. The molecule has 3 aromatic rings. The Morgan fingerprint density at radius 1 is 1.19 bits per heavy atom. The molecule has 1 amide bonds. The number of aromatic nitrogens is 4. The van der Waals surface area contributed by atoms with Gasteiger partial charge in [-0.2, -0.15) is 5.26 Å². The number of morpholine rings is 1. The van der Waals surface area contributed by atoms with Crippen LogP contribution < -0.4 is 4.74 Å². The lowest BCUT2D eigenvalue weighted by Gasteiger charge is -2.46. The van der Waals surface area contributed by atoms with E-state index in [1.807, 2.05) is 30.0 Å². The molecule has 6 rings (SSSR count). The predicted octanol–water partition coefficient (Wildman–Crippen LogP) is 2.17. The normalized spacial score (nSPS) is 23.3. The molecule has 0 spiro atoms. The highest BCUT2D eigenvalue weighted by molar-refractivity contribution is 5.85. The fraction of sp³-hybridized carbons (Fsp3) is 0.444. The number of rotatable bonds is 4. The fourth-order valence-electron chi connectivity index (χ4n) is 6.04. The third kappa shape index (κ3) is 4.14. The summed E-state index contributed by atoms with van der Waals surface area (Å²) in [6.45, 7) is 5.45. The standard InChI is InChI=1S/C27H29N7O3/c1-17-21(7-8-25(36-2)24(17)12-28)26-14-32-9-10-33(13-20(32)15-37-26)27(35)23-5-3-18-11-19(4-6-22(18)23)34-16-29-30-31-34/h4,6-8,11,16,20,23,26H,3,5,9-10,13-15H2,1-2H3/t20-,23?,26-/m0/s1. The summed E-state index contributed by atoms with van der Waals surface area (Å²) in [5.74, 6) is 0.693. The van der Waals surface area contributed by atoms with E-state index in [-0.39, 0.29) is 24.0 Å². The molecule has 2 aliphatic heterocycles. The van der Waals surface area contributed by atoms with Crippen molar-refractivity contribution in [3.8, 4) is 17.5 Å². The van der Waals surface area contributed by atoms with Gasteiger partial charge in [0.1, 0.15) is 18.1 Å². The molecule has 0 radical (unpaired) electrons. The van der Waals surface area contributed by atoms with Crippen LogP contribution in [0.25, 0.3) is 5.69 Å². The lowest BCUT2D eigenvalue weighted by Crippen LogP contribution is -2.60. The van der Waals surface area contributed by atoms with Crippen LogP contribution in [0.2, 0.25) is 0 Å². The Labute approximate surface area is 215 Å². The molecule has 3 heterocycles. The number of aryl methyl sites for hydroxylation is 1. The number of fused-ring (bicyclic) bond motifs is 2. The Hall–Kier alpha value is -3.81. The number of tetrazole rings is 1. The van der Waals surface area contributed by atoms with E-state index < -0.39 is 0 Å². The number of ether oxygens (including phenoxy) is 2. The molecule has 0 saturated carbocycles. The zero-order chi connectivity index (χ0) is 25.5. The summed E-state index contributed by atoms with van der Waals surface area (Å²) in [5.41, 5.74) is 5.71. The molecule has 1 aromatic heterocycles. The van der Waals surface area contributed by atoms with Gasteiger partial charge in [-0.3, -0.25) is 9.69 Å². The minimum absolute atomic E-state index is 0.104. The Bertz CT molecular complexity index is 1370. The summed E-state index contributed by atoms with van der Waals surface area (Å²) in [4.78, 5) is 18.0. The smallest absolute Gasteiger partial charge is 0.230 e. The van der Waals surface area contributed by atoms with Gasteiger partial charge in [0.05, 0.1) is 43.0 Å². The summed E-state index contributed by atoms with van der Waals surface area (Å²) >= 11 is 0. The monoisotopic (exact) mass is 499 g/mol. The van der Waals surface area contributed by atoms with Gasteiger partial charge in [0.2, 0.25) is 5.91 Å². The van der Waals surface area contributed by atoms with Gasteiger partial charge in [-0.1, -0.05) is 12.1 Å². The topological polar surface area (TPSA) is 109 Å². The van der Waals surface area contributed by atoms with E-state index in [4.69, 9.17) is 9.47 Å². The van der Waals surface area contributed by atoms with Crippen molar-refractivity contribution in [3.63, 3.8) is 0 Å². The van der Waals surface area contributed by atoms with Gasteiger partial charge in [-0.15, -0.1) is 5.10 Å². The Balaban J connectivity index is 1.12. The van der Waals surface area contributed by atoms with Crippen LogP contribution in [-0.4, -0.2) is 81.9 Å². The zero-order valence-corrected chi connectivity index (χ0v) is 21.0. The molecule has 3 aliphatic rings. The number of carbonyl (C=O) groups is 1. The fourth-order valence-corrected chi connectivity index (χ4v) is 6.04. The van der Waals surface area contributed by atoms with Crippen LogP contribution in [0.1, 0.15) is 46.3 Å². The van der Waals surface area contributed by atoms with Crippen LogP contribution in [0.5, 0.6) is 5.75 Å². The molecule has 0 bridgehead atoms. The van der Waals surface area contributed by atoms with Crippen molar-refractivity contribution >= 4 is 5.91 Å². The van der Waals surface area contributed by atoms with E-state index in [1.165, 1.54) is 5.56 Å². The van der Waals surface area contributed by atoms with Crippen LogP contribution in [0.4, 0.5) is 0 Å². The van der Waals surface area contributed by atoms with E-state index in [1.54, 1.807) is 18.1 Å².